The van der Waals surface area contributed by atoms with Crippen molar-refractivity contribution >= 4 is 40.6 Å². The first-order chi connectivity index (χ1) is 16.5. The molecular formula is C27H27Cl2F2N3O. The molecule has 0 saturated heterocycles. The molecule has 0 aliphatic rings. The van der Waals surface area contributed by atoms with E-state index >= 15 is 0 Å². The van der Waals surface area contributed by atoms with Crippen LogP contribution < -0.4 is 15.4 Å². The highest BCUT2D eigenvalue weighted by Crippen LogP contribution is 2.26. The monoisotopic (exact) mass is 517 g/mol. The first kappa shape index (κ1) is 26.7. The van der Waals surface area contributed by atoms with Crippen LogP contribution in [0.2, 0.25) is 5.02 Å². The van der Waals surface area contributed by atoms with E-state index in [9.17, 15) is 8.78 Å². The lowest BCUT2D eigenvalue weighted by Crippen LogP contribution is -2.18. The van der Waals surface area contributed by atoms with Gasteiger partial charge in [0, 0.05) is 40.9 Å². The summed E-state index contributed by atoms with van der Waals surface area (Å²) in [6, 6.07) is 17.1. The number of aromatic nitrogens is 1. The van der Waals surface area contributed by atoms with Gasteiger partial charge in [-0.05, 0) is 73.0 Å². The number of pyridine rings is 1. The van der Waals surface area contributed by atoms with Crippen molar-refractivity contribution in [1.82, 2.24) is 10.3 Å². The molecule has 0 unspecified atom stereocenters. The normalized spacial score (nSPS) is 10.7. The molecule has 184 valence electrons. The van der Waals surface area contributed by atoms with Crippen molar-refractivity contribution in [3.63, 3.8) is 0 Å². The highest BCUT2D eigenvalue weighted by molar-refractivity contribution is 6.31. The number of rotatable bonds is 10. The minimum Gasteiger partial charge on any atom is -0.496 e. The fourth-order valence-corrected chi connectivity index (χ4v) is 4.12. The average Bonchev–Trinajstić information content (AvgIpc) is 2.83. The molecule has 0 aliphatic heterocycles. The number of nitrogens with zero attached hydrogens (tertiary/aromatic N) is 1. The Morgan fingerprint density at radius 1 is 0.914 bits per heavy atom. The molecule has 0 radical (unpaired) electrons. The number of fused-ring (bicyclic) bond motifs is 1. The standard InChI is InChI=1S/C27H26ClF2N3O.ClH/c1-34-27-8-6-21(29)15-20(27)17-31-10-2-11-32-25-9-12-33-26-14-18(3-7-23(25)26)13-19-4-5-22(30)16-24(19)28;/h3-9,12,14-16,31H,2,10-11,13,17H2,1H3,(H,32,33);1H. The van der Waals surface area contributed by atoms with Crippen LogP contribution in [0.3, 0.4) is 0 Å². The SMILES string of the molecule is COc1ccc(F)cc1CNCCCNc1ccnc2cc(Cc3ccc(F)cc3Cl)ccc12.Cl. The Bertz CT molecular complexity index is 1290. The summed E-state index contributed by atoms with van der Waals surface area (Å²) in [5, 5.41) is 8.27. The molecule has 3 aromatic carbocycles. The van der Waals surface area contributed by atoms with Crippen LogP contribution in [0.1, 0.15) is 23.1 Å². The van der Waals surface area contributed by atoms with E-state index in [1.165, 1.54) is 24.3 Å². The third kappa shape index (κ3) is 7.04. The predicted molar refractivity (Wildman–Crippen MR) is 141 cm³/mol. The molecule has 35 heavy (non-hydrogen) atoms. The zero-order valence-corrected chi connectivity index (χ0v) is 20.9. The first-order valence-corrected chi connectivity index (χ1v) is 11.5. The Balaban J connectivity index is 0.00000342. The van der Waals surface area contributed by atoms with Gasteiger partial charge in [0.2, 0.25) is 0 Å². The molecule has 0 saturated carbocycles. The molecule has 4 aromatic rings. The summed E-state index contributed by atoms with van der Waals surface area (Å²) in [6.07, 6.45) is 3.28. The number of halogens is 4. The zero-order chi connectivity index (χ0) is 23.9. The number of anilines is 1. The van der Waals surface area contributed by atoms with Crippen molar-refractivity contribution in [2.24, 2.45) is 0 Å². The second-order valence-electron chi connectivity index (χ2n) is 8.04. The molecule has 1 heterocycles. The Morgan fingerprint density at radius 3 is 2.51 bits per heavy atom. The Labute approximate surface area is 215 Å². The van der Waals surface area contributed by atoms with E-state index in [1.807, 2.05) is 24.3 Å². The van der Waals surface area contributed by atoms with Crippen LogP contribution >= 0.6 is 24.0 Å². The number of hydrogen-bond donors (Lipinski definition) is 2. The summed E-state index contributed by atoms with van der Waals surface area (Å²) in [5.74, 6) is 0.0673. The van der Waals surface area contributed by atoms with Crippen LogP contribution in [0.5, 0.6) is 5.75 Å². The van der Waals surface area contributed by atoms with Gasteiger partial charge in [-0.3, -0.25) is 4.98 Å². The van der Waals surface area contributed by atoms with E-state index in [0.29, 0.717) is 23.7 Å². The zero-order valence-electron chi connectivity index (χ0n) is 19.3. The molecular weight excluding hydrogens is 491 g/mol. The fraction of sp³-hybridized carbons (Fsp3) is 0.222. The third-order valence-corrected chi connectivity index (χ3v) is 5.97. The largest absolute Gasteiger partial charge is 0.496 e. The molecule has 4 rings (SSSR count). The highest BCUT2D eigenvalue weighted by atomic mass is 35.5. The van der Waals surface area contributed by atoms with Gasteiger partial charge in [0.15, 0.2) is 0 Å². The second kappa shape index (κ2) is 12.7. The Kier molecular flexibility index (Phi) is 9.66. The molecule has 4 nitrogen and oxygen atoms in total. The van der Waals surface area contributed by atoms with Crippen LogP contribution in [0.15, 0.2) is 66.9 Å². The Hall–Kier alpha value is -2.93. The molecule has 0 amide bonds. The average molecular weight is 518 g/mol. The van der Waals surface area contributed by atoms with Gasteiger partial charge >= 0.3 is 0 Å². The molecule has 0 atom stereocenters. The van der Waals surface area contributed by atoms with E-state index in [1.54, 1.807) is 25.4 Å². The van der Waals surface area contributed by atoms with Crippen LogP contribution in [0, 0.1) is 11.6 Å². The van der Waals surface area contributed by atoms with Crippen molar-refractivity contribution in [3.05, 3.63) is 100 Å². The van der Waals surface area contributed by atoms with Gasteiger partial charge in [-0.2, -0.15) is 0 Å². The van der Waals surface area contributed by atoms with Gasteiger partial charge in [-0.25, -0.2) is 8.78 Å². The van der Waals surface area contributed by atoms with Crippen molar-refractivity contribution in [2.75, 3.05) is 25.5 Å². The van der Waals surface area contributed by atoms with E-state index in [4.69, 9.17) is 16.3 Å². The van der Waals surface area contributed by atoms with Crippen molar-refractivity contribution in [2.45, 2.75) is 19.4 Å². The lowest BCUT2D eigenvalue weighted by Gasteiger charge is -2.12. The predicted octanol–water partition coefficient (Wildman–Crippen LogP) is 6.78. The number of hydrogen-bond acceptors (Lipinski definition) is 4. The molecule has 0 fully saturated rings. The fourth-order valence-electron chi connectivity index (χ4n) is 3.89. The van der Waals surface area contributed by atoms with Gasteiger partial charge < -0.3 is 15.4 Å². The Morgan fingerprint density at radius 2 is 1.71 bits per heavy atom. The van der Waals surface area contributed by atoms with Gasteiger partial charge in [0.05, 0.1) is 12.6 Å². The first-order valence-electron chi connectivity index (χ1n) is 11.1. The molecule has 0 spiro atoms. The summed E-state index contributed by atoms with van der Waals surface area (Å²) in [5.41, 5.74) is 4.64. The number of nitrogens with one attached hydrogen (secondary N) is 2. The smallest absolute Gasteiger partial charge is 0.124 e. The van der Waals surface area contributed by atoms with E-state index in [0.717, 1.165) is 52.8 Å². The highest BCUT2D eigenvalue weighted by Gasteiger charge is 2.07. The van der Waals surface area contributed by atoms with Crippen LogP contribution in [0.25, 0.3) is 10.9 Å². The summed E-state index contributed by atoms with van der Waals surface area (Å²) >= 11 is 6.18. The van der Waals surface area contributed by atoms with E-state index in [2.05, 4.69) is 15.6 Å². The van der Waals surface area contributed by atoms with E-state index in [-0.39, 0.29) is 24.0 Å². The van der Waals surface area contributed by atoms with Crippen LogP contribution in [0.4, 0.5) is 14.5 Å². The van der Waals surface area contributed by atoms with Crippen molar-refractivity contribution < 1.29 is 13.5 Å². The molecule has 0 bridgehead atoms. The summed E-state index contributed by atoms with van der Waals surface area (Å²) in [7, 11) is 1.58. The quantitative estimate of drug-likeness (QED) is 0.227. The minimum atomic E-state index is -0.339. The molecule has 2 N–H and O–H groups in total. The van der Waals surface area contributed by atoms with Gasteiger partial charge in [-0.1, -0.05) is 29.8 Å². The minimum absolute atomic E-state index is 0. The summed E-state index contributed by atoms with van der Waals surface area (Å²) in [6.45, 7) is 2.09. The lowest BCUT2D eigenvalue weighted by atomic mass is 10.0. The van der Waals surface area contributed by atoms with Crippen LogP contribution in [-0.2, 0) is 13.0 Å². The summed E-state index contributed by atoms with van der Waals surface area (Å²) in [4.78, 5) is 4.51. The third-order valence-electron chi connectivity index (χ3n) is 5.62. The van der Waals surface area contributed by atoms with Crippen molar-refractivity contribution in [1.29, 1.82) is 0 Å². The molecule has 1 aromatic heterocycles. The van der Waals surface area contributed by atoms with Crippen LogP contribution in [-0.4, -0.2) is 25.2 Å². The summed E-state index contributed by atoms with van der Waals surface area (Å²) < 4.78 is 32.1. The van der Waals surface area contributed by atoms with E-state index < -0.39 is 0 Å². The topological polar surface area (TPSA) is 46.2 Å². The second-order valence-corrected chi connectivity index (χ2v) is 8.44. The van der Waals surface area contributed by atoms with Gasteiger partial charge in [0.25, 0.3) is 0 Å². The maximum absolute atomic E-state index is 13.5. The number of methoxy groups -OCH3 is 1. The molecule has 8 heteroatoms. The van der Waals surface area contributed by atoms with Gasteiger partial charge in [-0.15, -0.1) is 12.4 Å². The lowest BCUT2D eigenvalue weighted by molar-refractivity contribution is 0.406. The van der Waals surface area contributed by atoms with Gasteiger partial charge in [0.1, 0.15) is 17.4 Å². The van der Waals surface area contributed by atoms with Crippen molar-refractivity contribution in [3.8, 4) is 5.75 Å². The maximum atomic E-state index is 13.5. The maximum Gasteiger partial charge on any atom is 0.124 e. The number of benzene rings is 3. The molecule has 0 aliphatic carbocycles. The number of ether oxygens (including phenoxy) is 1.